The molecule has 258 valence electrons. The van der Waals surface area contributed by atoms with E-state index in [1.807, 2.05) is 0 Å². The van der Waals surface area contributed by atoms with E-state index >= 15 is 0 Å². The number of nitrogens with one attached hydrogen (secondary N) is 1. The topological polar surface area (TPSA) is 99.6 Å². The fraction of sp³-hybridized carbons (Fsp3) is 0.973. The van der Waals surface area contributed by atoms with E-state index in [9.17, 15) is 4.79 Å². The van der Waals surface area contributed by atoms with Crippen LogP contribution in [0.1, 0.15) is 194 Å². The van der Waals surface area contributed by atoms with Crippen molar-refractivity contribution >= 4 is 5.91 Å². The Morgan fingerprint density at radius 1 is 0.558 bits per heavy atom. The van der Waals surface area contributed by atoms with Gasteiger partial charge in [-0.2, -0.15) is 0 Å². The Bertz CT molecular complexity index is 547. The monoisotopic (exact) mass is 612 g/mol. The van der Waals surface area contributed by atoms with Crippen molar-refractivity contribution in [3.8, 4) is 0 Å². The van der Waals surface area contributed by atoms with Gasteiger partial charge in [0.25, 0.3) is 0 Å². The fourth-order valence-electron chi connectivity index (χ4n) is 5.60. The van der Waals surface area contributed by atoms with Gasteiger partial charge in [0.1, 0.15) is 0 Å². The zero-order valence-electron chi connectivity index (χ0n) is 29.2. The lowest BCUT2D eigenvalue weighted by molar-refractivity contribution is -0.122. The molecular formula is C37H77N3O3. The lowest BCUT2D eigenvalue weighted by Crippen LogP contribution is -2.36. The highest BCUT2D eigenvalue weighted by molar-refractivity contribution is 5.75. The van der Waals surface area contributed by atoms with Gasteiger partial charge in [0.15, 0.2) is 0 Å². The lowest BCUT2D eigenvalue weighted by atomic mass is 10.1. The molecule has 0 rings (SSSR count). The predicted octanol–water partition coefficient (Wildman–Crippen LogP) is 9.71. The van der Waals surface area contributed by atoms with Crippen LogP contribution in [0.5, 0.6) is 0 Å². The number of unbranched alkanes of at least 4 members (excludes halogenated alkanes) is 23. The summed E-state index contributed by atoms with van der Waals surface area (Å²) in [4.78, 5) is 12.3. The second-order valence-corrected chi connectivity index (χ2v) is 13.1. The highest BCUT2D eigenvalue weighted by Crippen LogP contribution is 2.13. The maximum atomic E-state index is 12.3. The van der Waals surface area contributed by atoms with Crippen molar-refractivity contribution in [1.29, 1.82) is 0 Å². The number of carbonyl (C=O) groups excluding carboxylic acids is 1. The van der Waals surface area contributed by atoms with Crippen molar-refractivity contribution in [2.75, 3.05) is 26.4 Å². The van der Waals surface area contributed by atoms with Gasteiger partial charge in [-0.15, -0.1) is 0 Å². The molecule has 5 N–H and O–H groups in total. The van der Waals surface area contributed by atoms with E-state index < -0.39 is 0 Å². The summed E-state index contributed by atoms with van der Waals surface area (Å²) in [7, 11) is 0. The van der Waals surface area contributed by atoms with Crippen LogP contribution in [0.25, 0.3) is 0 Å². The molecular weight excluding hydrogens is 534 g/mol. The minimum absolute atomic E-state index is 0.0746. The Labute approximate surface area is 268 Å². The first-order chi connectivity index (χ1) is 21.1. The second-order valence-electron chi connectivity index (χ2n) is 13.1. The lowest BCUT2D eigenvalue weighted by Gasteiger charge is -2.19. The normalized spacial score (nSPS) is 12.3. The van der Waals surface area contributed by atoms with E-state index in [0.717, 1.165) is 45.3 Å². The Morgan fingerprint density at radius 3 is 1.42 bits per heavy atom. The second kappa shape index (κ2) is 35.8. The van der Waals surface area contributed by atoms with Crippen LogP contribution >= 0.6 is 0 Å². The highest BCUT2D eigenvalue weighted by Gasteiger charge is 2.12. The third kappa shape index (κ3) is 35.7. The number of ether oxygens (including phenoxy) is 2. The van der Waals surface area contributed by atoms with Gasteiger partial charge in [0.2, 0.25) is 5.91 Å². The first-order valence-electron chi connectivity index (χ1n) is 19.1. The third-order valence-electron chi connectivity index (χ3n) is 8.52. The number of hydrogen-bond acceptors (Lipinski definition) is 5. The van der Waals surface area contributed by atoms with E-state index in [2.05, 4.69) is 19.2 Å². The number of carbonyl (C=O) groups is 1. The molecule has 0 saturated heterocycles. The first-order valence-corrected chi connectivity index (χ1v) is 19.1. The molecule has 0 aliphatic heterocycles. The number of amides is 1. The Hall–Kier alpha value is -0.690. The van der Waals surface area contributed by atoms with Crippen LogP contribution < -0.4 is 16.8 Å². The summed E-state index contributed by atoms with van der Waals surface area (Å²) < 4.78 is 12.2. The summed E-state index contributed by atoms with van der Waals surface area (Å²) in [5.41, 5.74) is 11.2. The Morgan fingerprint density at radius 2 is 0.977 bits per heavy atom. The van der Waals surface area contributed by atoms with E-state index in [1.54, 1.807) is 0 Å². The largest absolute Gasteiger partial charge is 0.379 e. The Kier molecular flexibility index (Phi) is 35.2. The van der Waals surface area contributed by atoms with Crippen molar-refractivity contribution in [2.24, 2.45) is 11.5 Å². The molecule has 0 heterocycles. The average Bonchev–Trinajstić information content (AvgIpc) is 3.00. The number of rotatable bonds is 36. The van der Waals surface area contributed by atoms with Crippen molar-refractivity contribution < 1.29 is 14.3 Å². The molecule has 1 amide bonds. The van der Waals surface area contributed by atoms with Crippen LogP contribution in [0.15, 0.2) is 0 Å². The molecule has 0 aromatic rings. The van der Waals surface area contributed by atoms with Gasteiger partial charge in [-0.1, -0.05) is 162 Å². The minimum atomic E-state index is -0.289. The van der Waals surface area contributed by atoms with Gasteiger partial charge in [-0.05, 0) is 25.7 Å². The van der Waals surface area contributed by atoms with Gasteiger partial charge >= 0.3 is 0 Å². The van der Waals surface area contributed by atoms with Gasteiger partial charge in [-0.25, -0.2) is 0 Å². The van der Waals surface area contributed by atoms with Gasteiger partial charge < -0.3 is 26.3 Å². The van der Waals surface area contributed by atoms with Crippen LogP contribution in [-0.2, 0) is 14.3 Å². The molecule has 0 aromatic heterocycles. The molecule has 43 heavy (non-hydrogen) atoms. The van der Waals surface area contributed by atoms with Crippen LogP contribution in [-0.4, -0.2) is 44.5 Å². The predicted molar refractivity (Wildman–Crippen MR) is 186 cm³/mol. The quantitative estimate of drug-likeness (QED) is 0.0484. The SMILES string of the molecule is CCCCCCCCCCCCCCOCC(CNC(=O)CCCCC(N)N)OCCCCCCCCCCCCCC. The molecule has 6 heteroatoms. The standard InChI is InChI=1S/C37H77N3O3/c1-3-5-7-9-11-13-15-17-19-21-23-27-31-42-34-35(33-40-37(41)30-26-25-29-36(38)39)43-32-28-24-22-20-18-16-14-12-10-8-6-4-2/h35-36H,3-34,38-39H2,1-2H3,(H,40,41). The van der Waals surface area contributed by atoms with Crippen molar-refractivity contribution in [1.82, 2.24) is 5.32 Å². The van der Waals surface area contributed by atoms with Gasteiger partial charge in [0.05, 0.1) is 18.9 Å². The van der Waals surface area contributed by atoms with Crippen LogP contribution in [0, 0.1) is 0 Å². The third-order valence-corrected chi connectivity index (χ3v) is 8.52. The summed E-state index contributed by atoms with van der Waals surface area (Å²) >= 11 is 0. The van der Waals surface area contributed by atoms with E-state index in [-0.39, 0.29) is 18.2 Å². The van der Waals surface area contributed by atoms with E-state index in [0.29, 0.717) is 19.6 Å². The molecule has 0 saturated carbocycles. The molecule has 0 aliphatic rings. The molecule has 1 unspecified atom stereocenters. The van der Waals surface area contributed by atoms with Gasteiger partial charge in [-0.3, -0.25) is 4.79 Å². The highest BCUT2D eigenvalue weighted by atomic mass is 16.5. The molecule has 1 atom stereocenters. The molecule has 0 spiro atoms. The zero-order valence-corrected chi connectivity index (χ0v) is 29.2. The minimum Gasteiger partial charge on any atom is -0.379 e. The number of nitrogens with two attached hydrogens (primary N) is 2. The van der Waals surface area contributed by atoms with Crippen LogP contribution in [0.2, 0.25) is 0 Å². The molecule has 0 fully saturated rings. The van der Waals surface area contributed by atoms with Crippen LogP contribution in [0.4, 0.5) is 0 Å². The van der Waals surface area contributed by atoms with Crippen molar-refractivity contribution in [3.05, 3.63) is 0 Å². The molecule has 0 bridgehead atoms. The zero-order chi connectivity index (χ0) is 31.5. The molecule has 0 aliphatic carbocycles. The van der Waals surface area contributed by atoms with E-state index in [4.69, 9.17) is 20.9 Å². The first kappa shape index (κ1) is 42.3. The summed E-state index contributed by atoms with van der Waals surface area (Å²) in [6.45, 7) is 7.16. The van der Waals surface area contributed by atoms with Crippen LogP contribution in [0.3, 0.4) is 0 Å². The average molecular weight is 612 g/mol. The van der Waals surface area contributed by atoms with Crippen molar-refractivity contribution in [2.45, 2.75) is 206 Å². The number of hydrogen-bond donors (Lipinski definition) is 3. The summed E-state index contributed by atoms with van der Waals surface area (Å²) in [6.07, 6.45) is 34.8. The Balaban J connectivity index is 3.97. The van der Waals surface area contributed by atoms with E-state index in [1.165, 1.54) is 141 Å². The summed E-state index contributed by atoms with van der Waals surface area (Å²) in [5, 5.41) is 3.06. The maximum Gasteiger partial charge on any atom is 0.220 e. The molecule has 0 aromatic carbocycles. The molecule has 0 radical (unpaired) electrons. The summed E-state index contributed by atoms with van der Waals surface area (Å²) in [6, 6.07) is 0. The smallest absolute Gasteiger partial charge is 0.220 e. The summed E-state index contributed by atoms with van der Waals surface area (Å²) in [5.74, 6) is 0.0746. The fourth-order valence-corrected chi connectivity index (χ4v) is 5.60. The molecule has 6 nitrogen and oxygen atoms in total. The van der Waals surface area contributed by atoms with Gasteiger partial charge in [0, 0.05) is 26.2 Å². The maximum absolute atomic E-state index is 12.3. The van der Waals surface area contributed by atoms with Crippen molar-refractivity contribution in [3.63, 3.8) is 0 Å².